The number of nitrogens with zero attached hydrogens (tertiary/aromatic N) is 1. The van der Waals surface area contributed by atoms with E-state index in [2.05, 4.69) is 20.9 Å². The number of rotatable bonds is 8. The molecular formula is C22H32N4O3. The molecule has 1 aromatic heterocycles. The predicted octanol–water partition coefficient (Wildman–Crippen LogP) is 2.61. The number of hydrogen-bond donors (Lipinski definition) is 4. The van der Waals surface area contributed by atoms with Crippen LogP contribution >= 0.6 is 0 Å². The van der Waals surface area contributed by atoms with Crippen LogP contribution in [0.1, 0.15) is 53.8 Å². The highest BCUT2D eigenvalue weighted by Gasteiger charge is 2.27. The van der Waals surface area contributed by atoms with E-state index in [-0.39, 0.29) is 12.5 Å². The van der Waals surface area contributed by atoms with Crippen molar-refractivity contribution in [3.8, 4) is 0 Å². The minimum Gasteiger partial charge on any atom is -0.466 e. The van der Waals surface area contributed by atoms with Gasteiger partial charge in [0.2, 0.25) is 0 Å². The molecule has 1 amide bonds. The Morgan fingerprint density at radius 1 is 1.14 bits per heavy atom. The summed E-state index contributed by atoms with van der Waals surface area (Å²) in [5, 5.41) is 20.0. The van der Waals surface area contributed by atoms with Crippen molar-refractivity contribution in [2.45, 2.75) is 46.8 Å². The van der Waals surface area contributed by atoms with Crippen molar-refractivity contribution in [1.82, 2.24) is 16.0 Å². The third kappa shape index (κ3) is 6.35. The highest BCUT2D eigenvalue weighted by Crippen LogP contribution is 2.26. The Kier molecular flexibility index (Phi) is 7.84. The van der Waals surface area contributed by atoms with Crippen LogP contribution < -0.4 is 16.0 Å². The van der Waals surface area contributed by atoms with E-state index in [0.29, 0.717) is 36.9 Å². The lowest BCUT2D eigenvalue weighted by atomic mass is 9.96. The van der Waals surface area contributed by atoms with Gasteiger partial charge >= 0.3 is 0 Å². The van der Waals surface area contributed by atoms with Crippen LogP contribution in [0.4, 0.5) is 0 Å². The molecule has 0 radical (unpaired) electrons. The predicted molar refractivity (Wildman–Crippen MR) is 115 cm³/mol. The van der Waals surface area contributed by atoms with Crippen LogP contribution in [0.2, 0.25) is 0 Å². The van der Waals surface area contributed by atoms with Gasteiger partial charge in [0, 0.05) is 24.2 Å². The van der Waals surface area contributed by atoms with E-state index in [1.54, 1.807) is 13.0 Å². The molecule has 0 fully saturated rings. The number of aryl methyl sites for hydroxylation is 2. The van der Waals surface area contributed by atoms with Crippen molar-refractivity contribution in [3.05, 3.63) is 58.5 Å². The molecule has 29 heavy (non-hydrogen) atoms. The van der Waals surface area contributed by atoms with Crippen molar-refractivity contribution in [1.29, 1.82) is 0 Å². The second-order valence-corrected chi connectivity index (χ2v) is 7.21. The molecule has 0 aliphatic carbocycles. The van der Waals surface area contributed by atoms with Crippen molar-refractivity contribution in [2.75, 3.05) is 19.6 Å². The third-order valence-electron chi connectivity index (χ3n) is 4.51. The number of carbonyl (C=O) groups is 1. The molecule has 158 valence electrons. The van der Waals surface area contributed by atoms with Gasteiger partial charge in [0.25, 0.3) is 5.91 Å². The average molecular weight is 401 g/mol. The number of hydrogen-bond acceptors (Lipinski definition) is 4. The second-order valence-electron chi connectivity index (χ2n) is 7.21. The van der Waals surface area contributed by atoms with E-state index in [9.17, 15) is 9.90 Å². The van der Waals surface area contributed by atoms with Gasteiger partial charge in [0.05, 0.1) is 13.1 Å². The Balaban J connectivity index is 2.07. The van der Waals surface area contributed by atoms with E-state index in [1.807, 2.05) is 52.0 Å². The van der Waals surface area contributed by atoms with Gasteiger partial charge in [0.1, 0.15) is 17.1 Å². The zero-order valence-electron chi connectivity index (χ0n) is 17.9. The average Bonchev–Trinajstić information content (AvgIpc) is 3.03. The maximum absolute atomic E-state index is 12.0. The minimum absolute atomic E-state index is 0.0924. The number of benzene rings is 1. The van der Waals surface area contributed by atoms with Crippen LogP contribution in [-0.2, 0) is 12.1 Å². The fourth-order valence-electron chi connectivity index (χ4n) is 3.10. The third-order valence-corrected chi connectivity index (χ3v) is 4.51. The summed E-state index contributed by atoms with van der Waals surface area (Å²) in [7, 11) is 0. The maximum Gasteiger partial charge on any atom is 0.251 e. The van der Waals surface area contributed by atoms with Gasteiger partial charge in [-0.25, -0.2) is 4.99 Å². The van der Waals surface area contributed by atoms with Crippen LogP contribution in [0.3, 0.4) is 0 Å². The molecule has 7 heteroatoms. The quantitative estimate of drug-likeness (QED) is 0.403. The van der Waals surface area contributed by atoms with E-state index in [0.717, 1.165) is 16.9 Å². The summed E-state index contributed by atoms with van der Waals surface area (Å²) in [6.07, 6.45) is 0. The van der Waals surface area contributed by atoms with Gasteiger partial charge in [-0.05, 0) is 58.4 Å². The maximum atomic E-state index is 12.0. The number of nitrogens with one attached hydrogen (secondary N) is 3. The van der Waals surface area contributed by atoms with Crippen molar-refractivity contribution >= 4 is 11.9 Å². The second kappa shape index (κ2) is 10.1. The van der Waals surface area contributed by atoms with Gasteiger partial charge in [-0.2, -0.15) is 0 Å². The normalized spacial score (nSPS) is 13.7. The topological polar surface area (TPSA) is 98.9 Å². The van der Waals surface area contributed by atoms with E-state index >= 15 is 0 Å². The summed E-state index contributed by atoms with van der Waals surface area (Å²) in [5.74, 6) is 1.97. The first-order valence-electron chi connectivity index (χ1n) is 9.96. The molecule has 4 N–H and O–H groups in total. The lowest BCUT2D eigenvalue weighted by Crippen LogP contribution is -2.44. The first kappa shape index (κ1) is 22.5. The van der Waals surface area contributed by atoms with Crippen LogP contribution in [0, 0.1) is 13.8 Å². The van der Waals surface area contributed by atoms with Crippen molar-refractivity contribution < 1.29 is 14.3 Å². The SMILES string of the molecule is CCNC(=O)c1cccc(CN=C(NCC)NCC(C)(O)c2cc(C)oc2C)c1. The zero-order valence-corrected chi connectivity index (χ0v) is 17.9. The van der Waals surface area contributed by atoms with Crippen LogP contribution in [0.15, 0.2) is 39.7 Å². The number of furan rings is 1. The van der Waals surface area contributed by atoms with Gasteiger partial charge in [-0.3, -0.25) is 4.79 Å². The molecule has 1 heterocycles. The summed E-state index contributed by atoms with van der Waals surface area (Å²) in [4.78, 5) is 16.6. The molecule has 0 aliphatic heterocycles. The smallest absolute Gasteiger partial charge is 0.251 e. The van der Waals surface area contributed by atoms with Crippen molar-refractivity contribution in [2.24, 2.45) is 4.99 Å². The molecule has 2 aromatic rings. The molecule has 0 saturated heterocycles. The van der Waals surface area contributed by atoms with E-state index in [4.69, 9.17) is 4.42 Å². The molecule has 0 saturated carbocycles. The number of amides is 1. The molecule has 1 aromatic carbocycles. The Labute approximate surface area is 172 Å². The van der Waals surface area contributed by atoms with Crippen LogP contribution in [-0.4, -0.2) is 36.6 Å². The van der Waals surface area contributed by atoms with E-state index in [1.165, 1.54) is 0 Å². The summed E-state index contributed by atoms with van der Waals surface area (Å²) in [6, 6.07) is 9.27. The monoisotopic (exact) mass is 400 g/mol. The summed E-state index contributed by atoms with van der Waals surface area (Å²) in [5.41, 5.74) is 1.20. The molecule has 1 atom stereocenters. The summed E-state index contributed by atoms with van der Waals surface area (Å²) >= 11 is 0. The van der Waals surface area contributed by atoms with Crippen LogP contribution in [0.25, 0.3) is 0 Å². The Morgan fingerprint density at radius 2 is 1.86 bits per heavy atom. The lowest BCUT2D eigenvalue weighted by molar-refractivity contribution is 0.0601. The number of aliphatic imine (C=N–C) groups is 1. The van der Waals surface area contributed by atoms with Gasteiger partial charge in [0.15, 0.2) is 5.96 Å². The number of guanidine groups is 1. The van der Waals surface area contributed by atoms with Gasteiger partial charge in [-0.15, -0.1) is 0 Å². The fraction of sp³-hybridized carbons (Fsp3) is 0.455. The van der Waals surface area contributed by atoms with Crippen molar-refractivity contribution in [3.63, 3.8) is 0 Å². The molecule has 0 aliphatic rings. The highest BCUT2D eigenvalue weighted by atomic mass is 16.3. The molecular weight excluding hydrogens is 368 g/mol. The first-order chi connectivity index (χ1) is 13.8. The Morgan fingerprint density at radius 3 is 2.48 bits per heavy atom. The zero-order chi connectivity index (χ0) is 21.4. The van der Waals surface area contributed by atoms with Gasteiger partial charge in [-0.1, -0.05) is 12.1 Å². The standard InChI is InChI=1S/C22H32N4O3/c1-6-23-20(27)18-10-8-9-17(12-18)13-25-21(24-7-2)26-14-22(5,28)19-11-15(3)29-16(19)4/h8-12,28H,6-7,13-14H2,1-5H3,(H,23,27)(H2,24,25,26). The number of aliphatic hydroxyl groups is 1. The molecule has 0 spiro atoms. The molecule has 1 unspecified atom stereocenters. The molecule has 0 bridgehead atoms. The largest absolute Gasteiger partial charge is 0.466 e. The fourth-order valence-corrected chi connectivity index (χ4v) is 3.10. The first-order valence-corrected chi connectivity index (χ1v) is 9.96. The summed E-state index contributed by atoms with van der Waals surface area (Å²) < 4.78 is 5.54. The van der Waals surface area contributed by atoms with Gasteiger partial charge < -0.3 is 25.5 Å². The van der Waals surface area contributed by atoms with Crippen LogP contribution in [0.5, 0.6) is 0 Å². The lowest BCUT2D eigenvalue weighted by Gasteiger charge is -2.24. The Bertz CT molecular complexity index is 855. The number of carbonyl (C=O) groups excluding carboxylic acids is 1. The summed E-state index contributed by atoms with van der Waals surface area (Å²) in [6.45, 7) is 11.3. The Hall–Kier alpha value is -2.80. The van der Waals surface area contributed by atoms with E-state index < -0.39 is 5.60 Å². The molecule has 7 nitrogen and oxygen atoms in total. The highest BCUT2D eigenvalue weighted by molar-refractivity contribution is 5.94. The molecule has 2 rings (SSSR count). The minimum atomic E-state index is -1.10.